The van der Waals surface area contributed by atoms with E-state index in [1.54, 1.807) is 30.5 Å². The standard InChI is InChI=1S/C16H18Cl2N4O/c1-22(2)8-7-19-12-4-6-15(20-10-12)16(23)21-14-5-3-11(17)9-13(14)18/h3-6,9-10,19H,7-8H2,1-2H3,(H,21,23). The van der Waals surface area contributed by atoms with Gasteiger partial charge in [0.25, 0.3) is 5.91 Å². The number of benzene rings is 1. The summed E-state index contributed by atoms with van der Waals surface area (Å²) in [6.07, 6.45) is 1.63. The van der Waals surface area contributed by atoms with Crippen molar-refractivity contribution in [1.82, 2.24) is 9.88 Å². The molecule has 0 aliphatic carbocycles. The number of amides is 1. The maximum Gasteiger partial charge on any atom is 0.274 e. The number of hydrogen-bond acceptors (Lipinski definition) is 4. The number of halogens is 2. The van der Waals surface area contributed by atoms with E-state index in [0.717, 1.165) is 18.8 Å². The normalized spacial score (nSPS) is 10.7. The first-order valence-corrected chi connectivity index (χ1v) is 7.82. The molecule has 1 heterocycles. The number of rotatable bonds is 6. The summed E-state index contributed by atoms with van der Waals surface area (Å²) in [5, 5.41) is 6.84. The average molecular weight is 353 g/mol. The Bertz CT molecular complexity index is 674. The van der Waals surface area contributed by atoms with Gasteiger partial charge in [-0.3, -0.25) is 4.79 Å². The lowest BCUT2D eigenvalue weighted by molar-refractivity contribution is 0.102. The number of likely N-dealkylation sites (N-methyl/N-ethyl adjacent to an activating group) is 1. The minimum absolute atomic E-state index is 0.314. The predicted octanol–water partition coefficient (Wildman–Crippen LogP) is 3.61. The molecule has 2 rings (SSSR count). The molecule has 0 atom stereocenters. The topological polar surface area (TPSA) is 57.3 Å². The van der Waals surface area contributed by atoms with Crippen molar-refractivity contribution >= 4 is 40.5 Å². The van der Waals surface area contributed by atoms with Crippen LogP contribution in [-0.4, -0.2) is 43.0 Å². The third-order valence-electron chi connectivity index (χ3n) is 3.06. The van der Waals surface area contributed by atoms with Gasteiger partial charge in [0.05, 0.1) is 22.6 Å². The van der Waals surface area contributed by atoms with Crippen LogP contribution in [0.5, 0.6) is 0 Å². The monoisotopic (exact) mass is 352 g/mol. The van der Waals surface area contributed by atoms with Crippen LogP contribution in [0.1, 0.15) is 10.5 Å². The summed E-state index contributed by atoms with van der Waals surface area (Å²) in [6, 6.07) is 8.37. The fourth-order valence-electron chi connectivity index (χ4n) is 1.83. The molecule has 5 nitrogen and oxygen atoms in total. The zero-order valence-corrected chi connectivity index (χ0v) is 14.4. The molecule has 2 aromatic rings. The van der Waals surface area contributed by atoms with E-state index >= 15 is 0 Å². The molecule has 0 unspecified atom stereocenters. The summed E-state index contributed by atoms with van der Waals surface area (Å²) in [6.45, 7) is 1.72. The van der Waals surface area contributed by atoms with Crippen LogP contribution in [0.2, 0.25) is 10.0 Å². The Morgan fingerprint density at radius 2 is 2.00 bits per heavy atom. The van der Waals surface area contributed by atoms with Crippen LogP contribution in [0.3, 0.4) is 0 Å². The molecular formula is C16H18Cl2N4O. The van der Waals surface area contributed by atoms with E-state index in [1.165, 1.54) is 0 Å². The van der Waals surface area contributed by atoms with Gasteiger partial charge in [0, 0.05) is 18.1 Å². The molecule has 0 aliphatic heterocycles. The highest BCUT2D eigenvalue weighted by Crippen LogP contribution is 2.25. The Morgan fingerprint density at radius 1 is 1.22 bits per heavy atom. The number of anilines is 2. The van der Waals surface area contributed by atoms with Crippen molar-refractivity contribution in [1.29, 1.82) is 0 Å². The second-order valence-electron chi connectivity index (χ2n) is 5.24. The van der Waals surface area contributed by atoms with Gasteiger partial charge < -0.3 is 15.5 Å². The number of hydrogen-bond donors (Lipinski definition) is 2. The number of nitrogens with one attached hydrogen (secondary N) is 2. The molecule has 0 bridgehead atoms. The van der Waals surface area contributed by atoms with Crippen LogP contribution in [0.15, 0.2) is 36.5 Å². The van der Waals surface area contributed by atoms with Gasteiger partial charge in [-0.05, 0) is 44.4 Å². The van der Waals surface area contributed by atoms with Crippen molar-refractivity contribution in [3.8, 4) is 0 Å². The van der Waals surface area contributed by atoms with E-state index in [4.69, 9.17) is 23.2 Å². The molecule has 23 heavy (non-hydrogen) atoms. The summed E-state index contributed by atoms with van der Waals surface area (Å²) >= 11 is 11.9. The Kier molecular flexibility index (Phi) is 6.21. The molecule has 1 aromatic heterocycles. The molecule has 122 valence electrons. The smallest absolute Gasteiger partial charge is 0.274 e. The van der Waals surface area contributed by atoms with Crippen LogP contribution >= 0.6 is 23.2 Å². The first-order valence-electron chi connectivity index (χ1n) is 7.07. The third kappa shape index (κ3) is 5.39. The largest absolute Gasteiger partial charge is 0.383 e. The van der Waals surface area contributed by atoms with Crippen molar-refractivity contribution in [2.75, 3.05) is 37.8 Å². The van der Waals surface area contributed by atoms with Crippen molar-refractivity contribution in [2.24, 2.45) is 0 Å². The molecule has 0 aliphatic rings. The minimum atomic E-state index is -0.325. The SMILES string of the molecule is CN(C)CCNc1ccc(C(=O)Nc2ccc(Cl)cc2Cl)nc1. The Hall–Kier alpha value is -1.82. The van der Waals surface area contributed by atoms with E-state index in [2.05, 4.69) is 20.5 Å². The molecule has 0 saturated heterocycles. The summed E-state index contributed by atoms with van der Waals surface area (Å²) in [7, 11) is 4.02. The summed E-state index contributed by atoms with van der Waals surface area (Å²) in [5.74, 6) is -0.325. The number of nitrogens with zero attached hydrogens (tertiary/aromatic N) is 2. The number of carbonyl (C=O) groups excluding carboxylic acids is 1. The molecule has 0 radical (unpaired) electrons. The average Bonchev–Trinajstić information content (AvgIpc) is 2.50. The van der Waals surface area contributed by atoms with E-state index in [-0.39, 0.29) is 5.91 Å². The second kappa shape index (κ2) is 8.15. The maximum absolute atomic E-state index is 12.2. The van der Waals surface area contributed by atoms with Crippen LogP contribution in [-0.2, 0) is 0 Å². The Morgan fingerprint density at radius 3 is 2.61 bits per heavy atom. The fraction of sp³-hybridized carbons (Fsp3) is 0.250. The van der Waals surface area contributed by atoms with Crippen LogP contribution < -0.4 is 10.6 Å². The number of pyridine rings is 1. The summed E-state index contributed by atoms with van der Waals surface area (Å²) < 4.78 is 0. The molecular weight excluding hydrogens is 335 g/mol. The number of carbonyl (C=O) groups is 1. The Balaban J connectivity index is 1.97. The quantitative estimate of drug-likeness (QED) is 0.833. The van der Waals surface area contributed by atoms with E-state index in [0.29, 0.717) is 21.4 Å². The lowest BCUT2D eigenvalue weighted by Crippen LogP contribution is -2.21. The van der Waals surface area contributed by atoms with E-state index < -0.39 is 0 Å². The van der Waals surface area contributed by atoms with Gasteiger partial charge >= 0.3 is 0 Å². The molecule has 1 amide bonds. The van der Waals surface area contributed by atoms with Gasteiger partial charge in [-0.15, -0.1) is 0 Å². The fourth-order valence-corrected chi connectivity index (χ4v) is 2.29. The van der Waals surface area contributed by atoms with Crippen molar-refractivity contribution in [2.45, 2.75) is 0 Å². The van der Waals surface area contributed by atoms with Crippen molar-refractivity contribution in [3.63, 3.8) is 0 Å². The Labute approximate surface area is 145 Å². The highest BCUT2D eigenvalue weighted by molar-refractivity contribution is 6.36. The van der Waals surface area contributed by atoms with E-state index in [9.17, 15) is 4.79 Å². The molecule has 0 fully saturated rings. The highest BCUT2D eigenvalue weighted by Gasteiger charge is 2.10. The predicted molar refractivity (Wildman–Crippen MR) is 95.7 cm³/mol. The zero-order valence-electron chi connectivity index (χ0n) is 12.9. The van der Waals surface area contributed by atoms with Gasteiger partial charge in [0.2, 0.25) is 0 Å². The lowest BCUT2D eigenvalue weighted by Gasteiger charge is -2.11. The van der Waals surface area contributed by atoms with Gasteiger partial charge in [0.1, 0.15) is 5.69 Å². The van der Waals surface area contributed by atoms with E-state index in [1.807, 2.05) is 20.2 Å². The lowest BCUT2D eigenvalue weighted by atomic mass is 10.2. The van der Waals surface area contributed by atoms with Crippen LogP contribution in [0, 0.1) is 0 Å². The third-order valence-corrected chi connectivity index (χ3v) is 3.61. The second-order valence-corrected chi connectivity index (χ2v) is 6.08. The minimum Gasteiger partial charge on any atom is -0.383 e. The van der Waals surface area contributed by atoms with Gasteiger partial charge in [-0.25, -0.2) is 4.98 Å². The molecule has 1 aromatic carbocycles. The molecule has 7 heteroatoms. The maximum atomic E-state index is 12.2. The highest BCUT2D eigenvalue weighted by atomic mass is 35.5. The molecule has 0 saturated carbocycles. The van der Waals surface area contributed by atoms with Crippen molar-refractivity contribution < 1.29 is 4.79 Å². The van der Waals surface area contributed by atoms with Gasteiger partial charge in [0.15, 0.2) is 0 Å². The summed E-state index contributed by atoms with van der Waals surface area (Å²) in [4.78, 5) is 18.4. The van der Waals surface area contributed by atoms with Crippen molar-refractivity contribution in [3.05, 3.63) is 52.3 Å². The number of aromatic nitrogens is 1. The first-order chi connectivity index (χ1) is 11.0. The first kappa shape index (κ1) is 17.5. The van der Waals surface area contributed by atoms with Crippen LogP contribution in [0.25, 0.3) is 0 Å². The molecule has 0 spiro atoms. The summed E-state index contributed by atoms with van der Waals surface area (Å²) in [5.41, 5.74) is 1.68. The van der Waals surface area contributed by atoms with Gasteiger partial charge in [-0.2, -0.15) is 0 Å². The molecule has 2 N–H and O–H groups in total. The van der Waals surface area contributed by atoms with Gasteiger partial charge in [-0.1, -0.05) is 23.2 Å². The zero-order chi connectivity index (χ0) is 16.8. The van der Waals surface area contributed by atoms with Crippen LogP contribution in [0.4, 0.5) is 11.4 Å².